The van der Waals surface area contributed by atoms with Gasteiger partial charge in [-0.25, -0.2) is 13.1 Å². The molecule has 0 aromatic heterocycles. The minimum absolute atomic E-state index is 0.0502. The first-order chi connectivity index (χ1) is 11.9. The molecule has 134 valence electrons. The van der Waals surface area contributed by atoms with E-state index in [-0.39, 0.29) is 23.8 Å². The number of sulfonamides is 1. The third kappa shape index (κ3) is 5.41. The fraction of sp³-hybridized carbons (Fsp3) is 0.316. The molecule has 6 heteroatoms. The summed E-state index contributed by atoms with van der Waals surface area (Å²) in [5.74, 6) is 0.125. The number of hydrogen-bond donors (Lipinski definition) is 2. The van der Waals surface area contributed by atoms with Gasteiger partial charge in [0, 0.05) is 18.7 Å². The van der Waals surface area contributed by atoms with Gasteiger partial charge in [-0.3, -0.25) is 4.79 Å². The molecule has 0 saturated carbocycles. The SMILES string of the molecule is CC[C@H](C)c1ccccc1NC(=O)CCNS(=O)(=O)c1ccccc1. The van der Waals surface area contributed by atoms with Crippen LogP contribution >= 0.6 is 0 Å². The molecule has 5 nitrogen and oxygen atoms in total. The molecule has 0 heterocycles. The predicted molar refractivity (Wildman–Crippen MR) is 100 cm³/mol. The van der Waals surface area contributed by atoms with Crippen molar-refractivity contribution in [1.29, 1.82) is 0 Å². The fourth-order valence-corrected chi connectivity index (χ4v) is 3.51. The lowest BCUT2D eigenvalue weighted by molar-refractivity contribution is -0.116. The molecule has 0 radical (unpaired) electrons. The number of nitrogens with one attached hydrogen (secondary N) is 2. The van der Waals surface area contributed by atoms with Crippen LogP contribution in [0.25, 0.3) is 0 Å². The van der Waals surface area contributed by atoms with Crippen LogP contribution in [0.3, 0.4) is 0 Å². The summed E-state index contributed by atoms with van der Waals surface area (Å²) >= 11 is 0. The van der Waals surface area contributed by atoms with E-state index in [2.05, 4.69) is 23.9 Å². The Morgan fingerprint density at radius 3 is 2.36 bits per heavy atom. The number of anilines is 1. The first kappa shape index (κ1) is 19.1. The smallest absolute Gasteiger partial charge is 0.240 e. The van der Waals surface area contributed by atoms with Crippen LogP contribution in [0.2, 0.25) is 0 Å². The molecule has 2 rings (SSSR count). The molecule has 2 aromatic carbocycles. The van der Waals surface area contributed by atoms with Crippen molar-refractivity contribution in [2.24, 2.45) is 0 Å². The number of benzene rings is 2. The van der Waals surface area contributed by atoms with Gasteiger partial charge in [0.2, 0.25) is 15.9 Å². The zero-order valence-electron chi connectivity index (χ0n) is 14.5. The largest absolute Gasteiger partial charge is 0.326 e. The summed E-state index contributed by atoms with van der Waals surface area (Å²) < 4.78 is 26.7. The van der Waals surface area contributed by atoms with E-state index >= 15 is 0 Å². The maximum atomic E-state index is 12.2. The number of amides is 1. The Balaban J connectivity index is 1.92. The third-order valence-electron chi connectivity index (χ3n) is 4.08. The Morgan fingerprint density at radius 2 is 1.68 bits per heavy atom. The normalized spacial score (nSPS) is 12.6. The second kappa shape index (κ2) is 8.78. The fourth-order valence-electron chi connectivity index (χ4n) is 2.46. The van der Waals surface area contributed by atoms with Crippen LogP contribution in [0.1, 0.15) is 38.2 Å². The molecular formula is C19H24N2O3S. The van der Waals surface area contributed by atoms with E-state index in [1.165, 1.54) is 12.1 Å². The summed E-state index contributed by atoms with van der Waals surface area (Å²) in [6, 6.07) is 15.8. The average molecular weight is 360 g/mol. The van der Waals surface area contributed by atoms with Gasteiger partial charge in [-0.15, -0.1) is 0 Å². The van der Waals surface area contributed by atoms with E-state index in [1.54, 1.807) is 18.2 Å². The highest BCUT2D eigenvalue weighted by Crippen LogP contribution is 2.26. The number of carbonyl (C=O) groups excluding carboxylic acids is 1. The van der Waals surface area contributed by atoms with Gasteiger partial charge in [0.1, 0.15) is 0 Å². The predicted octanol–water partition coefficient (Wildman–Crippen LogP) is 3.51. The number of rotatable bonds is 8. The van der Waals surface area contributed by atoms with Crippen LogP contribution in [-0.2, 0) is 14.8 Å². The first-order valence-corrected chi connectivity index (χ1v) is 9.86. The molecule has 0 aliphatic carbocycles. The van der Waals surface area contributed by atoms with Gasteiger partial charge in [-0.05, 0) is 36.1 Å². The molecule has 0 fully saturated rings. The summed E-state index contributed by atoms with van der Waals surface area (Å²) in [4.78, 5) is 12.3. The van der Waals surface area contributed by atoms with Crippen LogP contribution in [0, 0.1) is 0 Å². The van der Waals surface area contributed by atoms with Gasteiger partial charge in [0.05, 0.1) is 4.90 Å². The molecule has 0 spiro atoms. The van der Waals surface area contributed by atoms with Crippen LogP contribution in [0.5, 0.6) is 0 Å². The molecular weight excluding hydrogens is 336 g/mol. The van der Waals surface area contributed by atoms with E-state index in [1.807, 2.05) is 24.3 Å². The average Bonchev–Trinajstić information content (AvgIpc) is 2.62. The van der Waals surface area contributed by atoms with Gasteiger partial charge in [0.25, 0.3) is 0 Å². The maximum absolute atomic E-state index is 12.2. The summed E-state index contributed by atoms with van der Waals surface area (Å²) in [6.07, 6.45) is 1.05. The summed E-state index contributed by atoms with van der Waals surface area (Å²) in [7, 11) is -3.58. The van der Waals surface area contributed by atoms with Crippen molar-refractivity contribution in [3.63, 3.8) is 0 Å². The molecule has 0 bridgehead atoms. The quantitative estimate of drug-likeness (QED) is 0.756. The molecule has 25 heavy (non-hydrogen) atoms. The molecule has 0 saturated heterocycles. The highest BCUT2D eigenvalue weighted by Gasteiger charge is 2.14. The van der Waals surface area contributed by atoms with Crippen LogP contribution < -0.4 is 10.0 Å². The van der Waals surface area contributed by atoms with E-state index in [0.717, 1.165) is 17.7 Å². The molecule has 0 aliphatic heterocycles. The zero-order chi connectivity index (χ0) is 18.3. The van der Waals surface area contributed by atoms with Crippen molar-refractivity contribution in [2.45, 2.75) is 37.5 Å². The number of hydrogen-bond acceptors (Lipinski definition) is 3. The van der Waals surface area contributed by atoms with E-state index in [9.17, 15) is 13.2 Å². The van der Waals surface area contributed by atoms with Gasteiger partial charge in [0.15, 0.2) is 0 Å². The minimum atomic E-state index is -3.58. The number of para-hydroxylation sites is 1. The summed E-state index contributed by atoms with van der Waals surface area (Å²) in [5, 5.41) is 2.88. The van der Waals surface area contributed by atoms with Gasteiger partial charge in [-0.1, -0.05) is 50.2 Å². The Labute approximate surface area is 149 Å². The molecule has 1 atom stereocenters. The first-order valence-electron chi connectivity index (χ1n) is 8.37. The van der Waals surface area contributed by atoms with Crippen molar-refractivity contribution in [1.82, 2.24) is 4.72 Å². The Kier molecular flexibility index (Phi) is 6.73. The van der Waals surface area contributed by atoms with Crippen molar-refractivity contribution >= 4 is 21.6 Å². The molecule has 0 unspecified atom stereocenters. The lowest BCUT2D eigenvalue weighted by atomic mass is 9.97. The van der Waals surface area contributed by atoms with Gasteiger partial charge in [-0.2, -0.15) is 0 Å². The monoisotopic (exact) mass is 360 g/mol. The minimum Gasteiger partial charge on any atom is -0.326 e. The van der Waals surface area contributed by atoms with Crippen molar-refractivity contribution in [2.75, 3.05) is 11.9 Å². The number of carbonyl (C=O) groups is 1. The van der Waals surface area contributed by atoms with Crippen molar-refractivity contribution in [3.05, 3.63) is 60.2 Å². The maximum Gasteiger partial charge on any atom is 0.240 e. The second-order valence-corrected chi connectivity index (χ2v) is 7.67. The zero-order valence-corrected chi connectivity index (χ0v) is 15.3. The Morgan fingerprint density at radius 1 is 1.04 bits per heavy atom. The van der Waals surface area contributed by atoms with Crippen LogP contribution in [0.4, 0.5) is 5.69 Å². The Hall–Kier alpha value is -2.18. The topological polar surface area (TPSA) is 75.3 Å². The lowest BCUT2D eigenvalue weighted by Crippen LogP contribution is -2.28. The molecule has 0 aliphatic rings. The summed E-state index contributed by atoms with van der Waals surface area (Å²) in [5.41, 5.74) is 1.87. The third-order valence-corrected chi connectivity index (χ3v) is 5.55. The standard InChI is InChI=1S/C19H24N2O3S/c1-3-15(2)17-11-7-8-12-18(17)21-19(22)13-14-20-25(23,24)16-9-5-4-6-10-16/h4-12,15,20H,3,13-14H2,1-2H3,(H,21,22)/t15-/m0/s1. The highest BCUT2D eigenvalue weighted by atomic mass is 32.2. The van der Waals surface area contributed by atoms with Gasteiger partial charge < -0.3 is 5.32 Å². The highest BCUT2D eigenvalue weighted by molar-refractivity contribution is 7.89. The van der Waals surface area contributed by atoms with Crippen molar-refractivity contribution < 1.29 is 13.2 Å². The second-order valence-electron chi connectivity index (χ2n) is 5.91. The molecule has 2 N–H and O–H groups in total. The van der Waals surface area contributed by atoms with Crippen LogP contribution in [0.15, 0.2) is 59.5 Å². The Bertz CT molecular complexity index is 804. The summed E-state index contributed by atoms with van der Waals surface area (Å²) in [6.45, 7) is 4.26. The van der Waals surface area contributed by atoms with E-state index < -0.39 is 10.0 Å². The van der Waals surface area contributed by atoms with E-state index in [4.69, 9.17) is 0 Å². The molecule has 2 aromatic rings. The lowest BCUT2D eigenvalue weighted by Gasteiger charge is -2.15. The molecule has 1 amide bonds. The van der Waals surface area contributed by atoms with E-state index in [0.29, 0.717) is 5.92 Å². The van der Waals surface area contributed by atoms with Crippen molar-refractivity contribution in [3.8, 4) is 0 Å². The van der Waals surface area contributed by atoms with Gasteiger partial charge >= 0.3 is 0 Å². The van der Waals surface area contributed by atoms with Crippen LogP contribution in [-0.4, -0.2) is 20.9 Å².